The highest BCUT2D eigenvalue weighted by atomic mass is 15.2. The Hall–Kier alpha value is -1.55. The van der Waals surface area contributed by atoms with Gasteiger partial charge in [0, 0.05) is 12.6 Å². The summed E-state index contributed by atoms with van der Waals surface area (Å²) >= 11 is 0. The van der Waals surface area contributed by atoms with Gasteiger partial charge in [0.15, 0.2) is 0 Å². The molecule has 0 bridgehead atoms. The summed E-state index contributed by atoms with van der Waals surface area (Å²) in [6.07, 6.45) is 5.01. The summed E-state index contributed by atoms with van der Waals surface area (Å²) in [6.45, 7) is 0.512. The van der Waals surface area contributed by atoms with Crippen molar-refractivity contribution in [1.82, 2.24) is 9.55 Å². The summed E-state index contributed by atoms with van der Waals surface area (Å²) in [5.41, 5.74) is 15.0. The van der Waals surface area contributed by atoms with Crippen LogP contribution >= 0.6 is 0 Å². The zero-order chi connectivity index (χ0) is 11.8. The number of hydrogen-bond acceptors (Lipinski definition) is 3. The Morgan fingerprint density at radius 2 is 2.06 bits per heavy atom. The molecule has 17 heavy (non-hydrogen) atoms. The standard InChI is InChI=1S/C13H18N4/c14-8-9-4-3-7-11-12(9)16-13(15)17(11)10-5-1-2-6-10/h3-4,7,10H,1-2,5-6,8,14H2,(H2,15,16). The third kappa shape index (κ3) is 1.60. The average Bonchev–Trinajstić information content (AvgIpc) is 2.93. The third-order valence-corrected chi connectivity index (χ3v) is 3.74. The van der Waals surface area contributed by atoms with Crippen LogP contribution in [0.5, 0.6) is 0 Å². The molecule has 4 nitrogen and oxygen atoms in total. The van der Waals surface area contributed by atoms with Crippen LogP contribution in [0.1, 0.15) is 37.3 Å². The largest absolute Gasteiger partial charge is 0.369 e. The minimum atomic E-state index is 0.512. The molecule has 90 valence electrons. The van der Waals surface area contributed by atoms with Gasteiger partial charge in [0.25, 0.3) is 0 Å². The maximum Gasteiger partial charge on any atom is 0.201 e. The van der Waals surface area contributed by atoms with E-state index in [9.17, 15) is 0 Å². The van der Waals surface area contributed by atoms with Crippen molar-refractivity contribution in [3.05, 3.63) is 23.8 Å². The molecule has 1 fully saturated rings. The first-order chi connectivity index (χ1) is 8.31. The van der Waals surface area contributed by atoms with E-state index in [0.29, 0.717) is 18.5 Å². The van der Waals surface area contributed by atoms with Gasteiger partial charge in [-0.2, -0.15) is 0 Å². The van der Waals surface area contributed by atoms with Crippen LogP contribution in [0, 0.1) is 0 Å². The van der Waals surface area contributed by atoms with Crippen LogP contribution in [0.3, 0.4) is 0 Å². The van der Waals surface area contributed by atoms with Gasteiger partial charge in [0.05, 0.1) is 11.0 Å². The summed E-state index contributed by atoms with van der Waals surface area (Å²) in [5, 5.41) is 0. The second-order valence-corrected chi connectivity index (χ2v) is 4.77. The first-order valence-electron chi connectivity index (χ1n) is 6.26. The fourth-order valence-electron chi connectivity index (χ4n) is 2.90. The summed E-state index contributed by atoms with van der Waals surface area (Å²) in [7, 11) is 0. The lowest BCUT2D eigenvalue weighted by atomic mass is 10.1. The van der Waals surface area contributed by atoms with E-state index >= 15 is 0 Å². The predicted octanol–water partition coefficient (Wildman–Crippen LogP) is 2.19. The molecule has 0 spiro atoms. The van der Waals surface area contributed by atoms with Gasteiger partial charge in [0.2, 0.25) is 5.95 Å². The predicted molar refractivity (Wildman–Crippen MR) is 69.5 cm³/mol. The summed E-state index contributed by atoms with van der Waals surface area (Å²) in [6, 6.07) is 6.68. The van der Waals surface area contributed by atoms with E-state index in [-0.39, 0.29) is 0 Å². The van der Waals surface area contributed by atoms with Crippen LogP contribution in [0.15, 0.2) is 18.2 Å². The Morgan fingerprint density at radius 3 is 2.76 bits per heavy atom. The van der Waals surface area contributed by atoms with Crippen LogP contribution in [0.2, 0.25) is 0 Å². The van der Waals surface area contributed by atoms with Gasteiger partial charge in [-0.3, -0.25) is 0 Å². The fourth-order valence-corrected chi connectivity index (χ4v) is 2.90. The van der Waals surface area contributed by atoms with Crippen LogP contribution in [0.25, 0.3) is 11.0 Å². The van der Waals surface area contributed by atoms with Crippen molar-refractivity contribution < 1.29 is 0 Å². The number of nitrogens with two attached hydrogens (primary N) is 2. The van der Waals surface area contributed by atoms with E-state index in [2.05, 4.69) is 15.6 Å². The number of nitrogen functional groups attached to an aromatic ring is 1. The molecule has 0 aliphatic heterocycles. The molecule has 0 unspecified atom stereocenters. The molecule has 1 saturated carbocycles. The Labute approximate surface area is 101 Å². The van der Waals surface area contributed by atoms with Crippen molar-refractivity contribution in [2.24, 2.45) is 5.73 Å². The second-order valence-electron chi connectivity index (χ2n) is 4.77. The minimum absolute atomic E-state index is 0.512. The van der Waals surface area contributed by atoms with Gasteiger partial charge in [0.1, 0.15) is 0 Å². The lowest BCUT2D eigenvalue weighted by molar-refractivity contribution is 0.539. The van der Waals surface area contributed by atoms with Crippen molar-refractivity contribution >= 4 is 17.0 Å². The molecule has 1 aromatic heterocycles. The molecule has 1 aromatic carbocycles. The Bertz CT molecular complexity index is 538. The second kappa shape index (κ2) is 4.04. The molecule has 0 atom stereocenters. The maximum atomic E-state index is 6.07. The number of anilines is 1. The monoisotopic (exact) mass is 230 g/mol. The SMILES string of the molecule is NCc1cccc2c1nc(N)n2C1CCCC1. The third-order valence-electron chi connectivity index (χ3n) is 3.74. The van der Waals surface area contributed by atoms with Crippen LogP contribution in [-0.2, 0) is 6.54 Å². The molecule has 1 heterocycles. The highest BCUT2D eigenvalue weighted by Crippen LogP contribution is 2.35. The van der Waals surface area contributed by atoms with Crippen LogP contribution in [0.4, 0.5) is 5.95 Å². The lowest BCUT2D eigenvalue weighted by Crippen LogP contribution is -2.08. The van der Waals surface area contributed by atoms with Gasteiger partial charge >= 0.3 is 0 Å². The Kier molecular flexibility index (Phi) is 2.52. The minimum Gasteiger partial charge on any atom is -0.369 e. The van der Waals surface area contributed by atoms with Crippen molar-refractivity contribution in [1.29, 1.82) is 0 Å². The van der Waals surface area contributed by atoms with E-state index in [0.717, 1.165) is 16.6 Å². The number of nitrogens with zero attached hydrogens (tertiary/aromatic N) is 2. The molecule has 0 saturated heterocycles. The van der Waals surface area contributed by atoms with E-state index in [1.54, 1.807) is 0 Å². The molecular weight excluding hydrogens is 212 g/mol. The van der Waals surface area contributed by atoms with E-state index in [1.165, 1.54) is 25.7 Å². The summed E-state index contributed by atoms with van der Waals surface area (Å²) in [5.74, 6) is 0.632. The molecule has 4 heteroatoms. The number of fused-ring (bicyclic) bond motifs is 1. The van der Waals surface area contributed by atoms with E-state index in [4.69, 9.17) is 11.5 Å². The molecule has 4 N–H and O–H groups in total. The van der Waals surface area contributed by atoms with Crippen molar-refractivity contribution in [2.45, 2.75) is 38.3 Å². The van der Waals surface area contributed by atoms with Gasteiger partial charge in [-0.25, -0.2) is 4.98 Å². The van der Waals surface area contributed by atoms with Gasteiger partial charge < -0.3 is 16.0 Å². The maximum absolute atomic E-state index is 6.07. The summed E-state index contributed by atoms with van der Waals surface area (Å²) in [4.78, 5) is 4.49. The Morgan fingerprint density at radius 1 is 1.29 bits per heavy atom. The topological polar surface area (TPSA) is 69.9 Å². The van der Waals surface area contributed by atoms with Crippen molar-refractivity contribution in [2.75, 3.05) is 5.73 Å². The fraction of sp³-hybridized carbons (Fsp3) is 0.462. The van der Waals surface area contributed by atoms with E-state index < -0.39 is 0 Å². The molecule has 2 aromatic rings. The smallest absolute Gasteiger partial charge is 0.201 e. The van der Waals surface area contributed by atoms with Crippen LogP contribution < -0.4 is 11.5 Å². The van der Waals surface area contributed by atoms with Gasteiger partial charge in [-0.1, -0.05) is 25.0 Å². The number of para-hydroxylation sites is 1. The van der Waals surface area contributed by atoms with Crippen molar-refractivity contribution in [3.8, 4) is 0 Å². The Balaban J connectivity index is 2.20. The molecule has 1 aliphatic rings. The quantitative estimate of drug-likeness (QED) is 0.830. The number of hydrogen-bond donors (Lipinski definition) is 2. The molecule has 0 amide bonds. The first kappa shape index (κ1) is 10.6. The normalized spacial score (nSPS) is 17.0. The zero-order valence-electron chi connectivity index (χ0n) is 9.89. The van der Waals surface area contributed by atoms with Gasteiger partial charge in [-0.05, 0) is 24.5 Å². The number of benzene rings is 1. The zero-order valence-corrected chi connectivity index (χ0v) is 9.89. The number of imidazole rings is 1. The average molecular weight is 230 g/mol. The highest BCUT2D eigenvalue weighted by Gasteiger charge is 2.21. The molecule has 3 rings (SSSR count). The first-order valence-corrected chi connectivity index (χ1v) is 6.26. The molecule has 0 radical (unpaired) electrons. The number of rotatable bonds is 2. The van der Waals surface area contributed by atoms with Crippen molar-refractivity contribution in [3.63, 3.8) is 0 Å². The molecular formula is C13H18N4. The van der Waals surface area contributed by atoms with Gasteiger partial charge in [-0.15, -0.1) is 0 Å². The van der Waals surface area contributed by atoms with E-state index in [1.807, 2.05) is 12.1 Å². The summed E-state index contributed by atoms with van der Waals surface area (Å²) < 4.78 is 2.20. The lowest BCUT2D eigenvalue weighted by Gasteiger charge is -2.14. The molecule has 1 aliphatic carbocycles. The number of aromatic nitrogens is 2. The highest BCUT2D eigenvalue weighted by molar-refractivity contribution is 5.81. The van der Waals surface area contributed by atoms with Crippen LogP contribution in [-0.4, -0.2) is 9.55 Å².